The average molecular weight is 402 g/mol. The van der Waals surface area contributed by atoms with Crippen molar-refractivity contribution in [3.8, 4) is 5.75 Å². The average Bonchev–Trinajstić information content (AvgIpc) is 2.37. The third kappa shape index (κ3) is 3.67. The molecule has 104 valence electrons. The van der Waals surface area contributed by atoms with Crippen LogP contribution in [0.15, 0.2) is 45.3 Å². The number of hydrogen-bond donors (Lipinski definition) is 0. The van der Waals surface area contributed by atoms with E-state index in [1.807, 2.05) is 0 Å². The monoisotopic (exact) mass is 400 g/mol. The maximum Gasteiger partial charge on any atom is 0.167 e. The SMILES string of the molecule is COc1ccc(C(=O)Cc2cc(F)cc(Br)c2)cc1Br. The summed E-state index contributed by atoms with van der Waals surface area (Å²) in [7, 11) is 1.56. The van der Waals surface area contributed by atoms with E-state index < -0.39 is 0 Å². The maximum atomic E-state index is 13.3. The van der Waals surface area contributed by atoms with Gasteiger partial charge >= 0.3 is 0 Å². The van der Waals surface area contributed by atoms with Crippen LogP contribution in [0.4, 0.5) is 4.39 Å². The van der Waals surface area contributed by atoms with Crippen LogP contribution in [0, 0.1) is 5.82 Å². The van der Waals surface area contributed by atoms with E-state index in [0.717, 1.165) is 0 Å². The van der Waals surface area contributed by atoms with Gasteiger partial charge in [-0.05, 0) is 57.9 Å². The fourth-order valence-corrected chi connectivity index (χ4v) is 2.89. The zero-order valence-corrected chi connectivity index (χ0v) is 13.8. The molecule has 0 N–H and O–H groups in total. The van der Waals surface area contributed by atoms with E-state index in [1.54, 1.807) is 31.4 Å². The lowest BCUT2D eigenvalue weighted by molar-refractivity contribution is 0.0993. The fraction of sp³-hybridized carbons (Fsp3) is 0.133. The molecule has 20 heavy (non-hydrogen) atoms. The summed E-state index contributed by atoms with van der Waals surface area (Å²) in [4.78, 5) is 12.2. The van der Waals surface area contributed by atoms with Gasteiger partial charge in [-0.1, -0.05) is 15.9 Å². The molecule has 0 amide bonds. The summed E-state index contributed by atoms with van der Waals surface area (Å²) in [6.07, 6.45) is 0.148. The largest absolute Gasteiger partial charge is 0.496 e. The van der Waals surface area contributed by atoms with E-state index >= 15 is 0 Å². The molecule has 0 aliphatic rings. The summed E-state index contributed by atoms with van der Waals surface area (Å²) < 4.78 is 19.7. The van der Waals surface area contributed by atoms with Crippen molar-refractivity contribution in [2.75, 3.05) is 7.11 Å². The summed E-state index contributed by atoms with van der Waals surface area (Å²) >= 11 is 6.55. The highest BCUT2D eigenvalue weighted by Crippen LogP contribution is 2.26. The second kappa shape index (κ2) is 6.50. The van der Waals surface area contributed by atoms with Crippen molar-refractivity contribution in [2.24, 2.45) is 0 Å². The van der Waals surface area contributed by atoms with Gasteiger partial charge in [-0.15, -0.1) is 0 Å². The lowest BCUT2D eigenvalue weighted by Crippen LogP contribution is -2.04. The number of benzene rings is 2. The van der Waals surface area contributed by atoms with Crippen LogP contribution in [0.2, 0.25) is 0 Å². The Morgan fingerprint density at radius 2 is 1.95 bits per heavy atom. The van der Waals surface area contributed by atoms with Crippen molar-refractivity contribution >= 4 is 37.6 Å². The van der Waals surface area contributed by atoms with Crippen LogP contribution in [0.1, 0.15) is 15.9 Å². The number of rotatable bonds is 4. The molecule has 0 bridgehead atoms. The molecule has 2 nitrogen and oxygen atoms in total. The van der Waals surface area contributed by atoms with Crippen molar-refractivity contribution in [3.05, 3.63) is 62.3 Å². The molecule has 2 rings (SSSR count). The molecule has 5 heteroatoms. The lowest BCUT2D eigenvalue weighted by atomic mass is 10.0. The van der Waals surface area contributed by atoms with Crippen LogP contribution in [-0.4, -0.2) is 12.9 Å². The minimum Gasteiger partial charge on any atom is -0.496 e. The fourth-order valence-electron chi connectivity index (χ4n) is 1.84. The van der Waals surface area contributed by atoms with E-state index in [4.69, 9.17) is 4.74 Å². The van der Waals surface area contributed by atoms with Crippen molar-refractivity contribution in [2.45, 2.75) is 6.42 Å². The Labute approximate surface area is 133 Å². The summed E-state index contributed by atoms with van der Waals surface area (Å²) in [6.45, 7) is 0. The molecule has 0 fully saturated rings. The first-order valence-corrected chi connectivity index (χ1v) is 7.40. The Kier molecular flexibility index (Phi) is 4.94. The molecule has 0 aliphatic heterocycles. The summed E-state index contributed by atoms with van der Waals surface area (Å²) in [5.41, 5.74) is 1.19. The molecular weight excluding hydrogens is 391 g/mol. The summed E-state index contributed by atoms with van der Waals surface area (Å²) in [5, 5.41) is 0. The lowest BCUT2D eigenvalue weighted by Gasteiger charge is -2.06. The molecule has 2 aromatic rings. The number of Topliss-reactive ketones (excluding diaryl/α,β-unsaturated/α-hetero) is 1. The van der Waals surface area contributed by atoms with Crippen molar-refractivity contribution in [1.82, 2.24) is 0 Å². The Morgan fingerprint density at radius 3 is 2.55 bits per heavy atom. The zero-order chi connectivity index (χ0) is 14.7. The third-order valence-electron chi connectivity index (χ3n) is 2.76. The van der Waals surface area contributed by atoms with E-state index in [1.165, 1.54) is 12.1 Å². The molecule has 0 spiro atoms. The molecule has 0 saturated carbocycles. The topological polar surface area (TPSA) is 26.3 Å². The normalized spacial score (nSPS) is 10.4. The van der Waals surface area contributed by atoms with Gasteiger partial charge in [0, 0.05) is 16.5 Å². The van der Waals surface area contributed by atoms with Crippen molar-refractivity contribution in [1.29, 1.82) is 0 Å². The van der Waals surface area contributed by atoms with Gasteiger partial charge in [-0.2, -0.15) is 0 Å². The molecule has 0 aliphatic carbocycles. The number of ether oxygens (including phenoxy) is 1. The zero-order valence-electron chi connectivity index (χ0n) is 10.6. The first-order chi connectivity index (χ1) is 9.49. The van der Waals surface area contributed by atoms with Crippen LogP contribution in [-0.2, 0) is 6.42 Å². The molecule has 0 atom stereocenters. The predicted molar refractivity (Wildman–Crippen MR) is 82.8 cm³/mol. The van der Waals surface area contributed by atoms with Gasteiger partial charge in [0.2, 0.25) is 0 Å². The molecular formula is C15H11Br2FO2. The van der Waals surface area contributed by atoms with Gasteiger partial charge in [0.15, 0.2) is 5.78 Å². The first-order valence-electron chi connectivity index (χ1n) is 5.81. The van der Waals surface area contributed by atoms with Crippen molar-refractivity contribution < 1.29 is 13.9 Å². The second-order valence-corrected chi connectivity index (χ2v) is 6.00. The number of halogens is 3. The maximum absolute atomic E-state index is 13.3. The summed E-state index contributed by atoms with van der Waals surface area (Å²) in [6, 6.07) is 9.58. The Bertz CT molecular complexity index is 636. The highest BCUT2D eigenvalue weighted by Gasteiger charge is 2.11. The Balaban J connectivity index is 2.21. The molecule has 0 aromatic heterocycles. The van der Waals surface area contributed by atoms with Gasteiger partial charge in [-0.25, -0.2) is 4.39 Å². The van der Waals surface area contributed by atoms with Crippen LogP contribution < -0.4 is 4.74 Å². The number of carbonyl (C=O) groups is 1. The van der Waals surface area contributed by atoms with Crippen LogP contribution in [0.5, 0.6) is 5.75 Å². The molecule has 0 saturated heterocycles. The molecule has 2 aromatic carbocycles. The van der Waals surface area contributed by atoms with Gasteiger partial charge in [0.25, 0.3) is 0 Å². The Morgan fingerprint density at radius 1 is 1.20 bits per heavy atom. The standard InChI is InChI=1S/C15H11Br2FO2/c1-20-15-3-2-10(7-13(15)17)14(19)6-9-4-11(16)8-12(18)5-9/h2-5,7-8H,6H2,1H3. The predicted octanol–water partition coefficient (Wildman–Crippen LogP) is 4.78. The second-order valence-electron chi connectivity index (χ2n) is 4.23. The molecule has 0 radical (unpaired) electrons. The van der Waals surface area contributed by atoms with Gasteiger partial charge in [0.05, 0.1) is 11.6 Å². The van der Waals surface area contributed by atoms with Crippen LogP contribution in [0.25, 0.3) is 0 Å². The molecule has 0 unspecified atom stereocenters. The smallest absolute Gasteiger partial charge is 0.167 e. The number of ketones is 1. The minimum absolute atomic E-state index is 0.0779. The number of hydrogen-bond acceptors (Lipinski definition) is 2. The van der Waals surface area contributed by atoms with E-state index in [9.17, 15) is 9.18 Å². The number of methoxy groups -OCH3 is 1. The van der Waals surface area contributed by atoms with Crippen LogP contribution in [0.3, 0.4) is 0 Å². The van der Waals surface area contributed by atoms with E-state index in [2.05, 4.69) is 31.9 Å². The van der Waals surface area contributed by atoms with E-state index in [-0.39, 0.29) is 18.0 Å². The third-order valence-corrected chi connectivity index (χ3v) is 3.84. The highest BCUT2D eigenvalue weighted by atomic mass is 79.9. The van der Waals surface area contributed by atoms with Gasteiger partial charge in [-0.3, -0.25) is 4.79 Å². The van der Waals surface area contributed by atoms with Gasteiger partial charge in [0.1, 0.15) is 11.6 Å². The molecule has 0 heterocycles. The van der Waals surface area contributed by atoms with Crippen molar-refractivity contribution in [3.63, 3.8) is 0 Å². The van der Waals surface area contributed by atoms with E-state index in [0.29, 0.717) is 25.8 Å². The quantitative estimate of drug-likeness (QED) is 0.688. The number of carbonyl (C=O) groups excluding carboxylic acids is 1. The Hall–Kier alpha value is -1.20. The minimum atomic E-state index is -0.363. The van der Waals surface area contributed by atoms with Gasteiger partial charge < -0.3 is 4.74 Å². The first kappa shape index (κ1) is 15.2. The summed E-state index contributed by atoms with van der Waals surface area (Å²) in [5.74, 6) is 0.221. The van der Waals surface area contributed by atoms with Crippen LogP contribution >= 0.6 is 31.9 Å². The highest BCUT2D eigenvalue weighted by molar-refractivity contribution is 9.10.